The first-order chi connectivity index (χ1) is 10.8. The number of fused-ring (bicyclic) bond motifs is 6. The van der Waals surface area contributed by atoms with Gasteiger partial charge in [0.15, 0.2) is 0 Å². The lowest BCUT2D eigenvalue weighted by molar-refractivity contribution is 0.569. The summed E-state index contributed by atoms with van der Waals surface area (Å²) in [6, 6.07) is 20.3. The molecule has 0 bridgehead atoms. The molecule has 0 fully saturated rings. The van der Waals surface area contributed by atoms with Gasteiger partial charge in [0.25, 0.3) is 0 Å². The molecule has 1 aliphatic rings. The van der Waals surface area contributed by atoms with Gasteiger partial charge in [-0.25, -0.2) is 4.79 Å². The van der Waals surface area contributed by atoms with Crippen LogP contribution in [0.5, 0.6) is 0 Å². The summed E-state index contributed by atoms with van der Waals surface area (Å²) in [7, 11) is 0. The van der Waals surface area contributed by atoms with Gasteiger partial charge >= 0.3 is 5.63 Å². The third kappa shape index (κ3) is 1.47. The Morgan fingerprint density at radius 3 is 2.41 bits per heavy atom. The molecule has 1 heterocycles. The molecule has 1 aliphatic carbocycles. The molecule has 0 amide bonds. The zero-order valence-corrected chi connectivity index (χ0v) is 11.8. The average molecular weight is 284 g/mol. The topological polar surface area (TPSA) is 30.2 Å². The lowest BCUT2D eigenvalue weighted by Crippen LogP contribution is -1.99. The molecule has 5 rings (SSSR count). The molecule has 104 valence electrons. The minimum Gasteiger partial charge on any atom is -0.422 e. The molecule has 0 spiro atoms. The second-order valence-corrected chi connectivity index (χ2v) is 5.77. The van der Waals surface area contributed by atoms with Crippen molar-refractivity contribution in [3.63, 3.8) is 0 Å². The summed E-state index contributed by atoms with van der Waals surface area (Å²) in [6.07, 6.45) is 0.901. The monoisotopic (exact) mass is 284 g/mol. The van der Waals surface area contributed by atoms with E-state index in [-0.39, 0.29) is 5.63 Å². The summed E-state index contributed by atoms with van der Waals surface area (Å²) in [6.45, 7) is 0. The molecule has 4 aromatic rings. The van der Waals surface area contributed by atoms with Crippen molar-refractivity contribution in [2.45, 2.75) is 6.42 Å². The minimum absolute atomic E-state index is 0.265. The Kier molecular flexibility index (Phi) is 2.18. The van der Waals surface area contributed by atoms with Crippen LogP contribution in [0.25, 0.3) is 32.9 Å². The normalized spacial score (nSPS) is 12.5. The highest BCUT2D eigenvalue weighted by molar-refractivity contribution is 6.06. The van der Waals surface area contributed by atoms with Crippen LogP contribution in [0.2, 0.25) is 0 Å². The number of rotatable bonds is 0. The van der Waals surface area contributed by atoms with Crippen LogP contribution in [0, 0.1) is 0 Å². The maximum absolute atomic E-state index is 12.1. The Labute approximate surface area is 126 Å². The first kappa shape index (κ1) is 11.8. The molecule has 3 aromatic carbocycles. The molecule has 0 saturated carbocycles. The third-order valence-electron chi connectivity index (χ3n) is 4.53. The van der Waals surface area contributed by atoms with Gasteiger partial charge in [-0.1, -0.05) is 42.5 Å². The maximum atomic E-state index is 12.1. The summed E-state index contributed by atoms with van der Waals surface area (Å²) >= 11 is 0. The van der Waals surface area contributed by atoms with Crippen LogP contribution in [0.1, 0.15) is 11.1 Å². The van der Waals surface area contributed by atoms with E-state index in [1.165, 1.54) is 22.3 Å². The van der Waals surface area contributed by atoms with Crippen molar-refractivity contribution in [3.8, 4) is 11.1 Å². The molecule has 2 nitrogen and oxygen atoms in total. The number of hydrogen-bond donors (Lipinski definition) is 0. The zero-order chi connectivity index (χ0) is 14.7. The zero-order valence-electron chi connectivity index (χ0n) is 11.8. The van der Waals surface area contributed by atoms with E-state index in [2.05, 4.69) is 30.3 Å². The van der Waals surface area contributed by atoms with E-state index in [0.29, 0.717) is 11.0 Å². The fraction of sp³-hybridized carbons (Fsp3) is 0.0500. The van der Waals surface area contributed by atoms with E-state index in [9.17, 15) is 4.79 Å². The number of benzene rings is 3. The van der Waals surface area contributed by atoms with Gasteiger partial charge in [-0.2, -0.15) is 0 Å². The van der Waals surface area contributed by atoms with Crippen molar-refractivity contribution in [1.82, 2.24) is 0 Å². The molecule has 0 saturated heterocycles. The van der Waals surface area contributed by atoms with E-state index < -0.39 is 0 Å². The molecule has 0 aliphatic heterocycles. The molecule has 2 heteroatoms. The van der Waals surface area contributed by atoms with Crippen molar-refractivity contribution in [3.05, 3.63) is 82.2 Å². The van der Waals surface area contributed by atoms with E-state index in [0.717, 1.165) is 17.2 Å². The molecule has 0 unspecified atom stereocenters. The highest BCUT2D eigenvalue weighted by Gasteiger charge is 2.20. The summed E-state index contributed by atoms with van der Waals surface area (Å²) in [5.41, 5.74) is 5.51. The average Bonchev–Trinajstić information content (AvgIpc) is 2.91. The molecule has 22 heavy (non-hydrogen) atoms. The Balaban J connectivity index is 1.95. The van der Waals surface area contributed by atoms with Gasteiger partial charge in [-0.05, 0) is 52.3 Å². The molecular formula is C20H12O2. The molecule has 0 radical (unpaired) electrons. The van der Waals surface area contributed by atoms with E-state index in [1.807, 2.05) is 30.3 Å². The fourth-order valence-electron chi connectivity index (χ4n) is 3.51. The number of hydrogen-bond acceptors (Lipinski definition) is 2. The maximum Gasteiger partial charge on any atom is 0.344 e. The van der Waals surface area contributed by atoms with Crippen molar-refractivity contribution >= 4 is 21.7 Å². The predicted molar refractivity (Wildman–Crippen MR) is 88.2 cm³/mol. The van der Waals surface area contributed by atoms with E-state index in [1.54, 1.807) is 0 Å². The lowest BCUT2D eigenvalue weighted by atomic mass is 10.0. The van der Waals surface area contributed by atoms with Crippen molar-refractivity contribution in [2.24, 2.45) is 0 Å². The van der Waals surface area contributed by atoms with Crippen molar-refractivity contribution in [1.29, 1.82) is 0 Å². The Morgan fingerprint density at radius 2 is 1.50 bits per heavy atom. The van der Waals surface area contributed by atoms with Gasteiger partial charge in [0.2, 0.25) is 0 Å². The largest absolute Gasteiger partial charge is 0.422 e. The highest BCUT2D eigenvalue weighted by Crippen LogP contribution is 2.39. The summed E-state index contributed by atoms with van der Waals surface area (Å²) in [5.74, 6) is 0. The van der Waals surface area contributed by atoms with Crippen LogP contribution >= 0.6 is 0 Å². The van der Waals surface area contributed by atoms with Gasteiger partial charge in [-0.15, -0.1) is 0 Å². The van der Waals surface area contributed by atoms with Crippen LogP contribution < -0.4 is 5.63 Å². The predicted octanol–water partition coefficient (Wildman–Crippen LogP) is 4.52. The van der Waals surface area contributed by atoms with Crippen LogP contribution in [-0.4, -0.2) is 0 Å². The summed E-state index contributed by atoms with van der Waals surface area (Å²) in [5, 5.41) is 2.60. The first-order valence-electron chi connectivity index (χ1n) is 7.38. The van der Waals surface area contributed by atoms with Crippen LogP contribution in [-0.2, 0) is 6.42 Å². The third-order valence-corrected chi connectivity index (χ3v) is 4.53. The first-order valence-corrected chi connectivity index (χ1v) is 7.38. The Hall–Kier alpha value is -2.87. The molecule has 0 N–H and O–H groups in total. The Bertz CT molecular complexity index is 1120. The SMILES string of the molecule is O=c1oc2cc3c(cc2c2ccccc12)-c1ccccc1C3. The molecule has 1 aromatic heterocycles. The second-order valence-electron chi connectivity index (χ2n) is 5.77. The Morgan fingerprint density at radius 1 is 0.727 bits per heavy atom. The summed E-state index contributed by atoms with van der Waals surface area (Å²) < 4.78 is 5.54. The smallest absolute Gasteiger partial charge is 0.344 e. The van der Waals surface area contributed by atoms with Gasteiger partial charge in [0, 0.05) is 5.39 Å². The van der Waals surface area contributed by atoms with Gasteiger partial charge in [0.05, 0.1) is 5.39 Å². The quantitative estimate of drug-likeness (QED) is 0.309. The van der Waals surface area contributed by atoms with Gasteiger partial charge in [-0.3, -0.25) is 0 Å². The van der Waals surface area contributed by atoms with Crippen molar-refractivity contribution < 1.29 is 4.42 Å². The standard InChI is InChI=1S/C20H12O2/c21-20-16-8-4-3-7-15(16)18-11-17-13(10-19(18)22-20)9-12-5-1-2-6-14(12)17/h1-8,10-11H,9H2. The highest BCUT2D eigenvalue weighted by atomic mass is 16.4. The fourth-order valence-corrected chi connectivity index (χ4v) is 3.51. The molecular weight excluding hydrogens is 272 g/mol. The van der Waals surface area contributed by atoms with Crippen LogP contribution in [0.4, 0.5) is 0 Å². The molecule has 0 atom stereocenters. The second kappa shape index (κ2) is 4.08. The van der Waals surface area contributed by atoms with E-state index >= 15 is 0 Å². The van der Waals surface area contributed by atoms with Crippen molar-refractivity contribution in [2.75, 3.05) is 0 Å². The summed E-state index contributed by atoms with van der Waals surface area (Å²) in [4.78, 5) is 12.1. The van der Waals surface area contributed by atoms with Gasteiger partial charge in [0.1, 0.15) is 5.58 Å². The van der Waals surface area contributed by atoms with E-state index in [4.69, 9.17) is 4.42 Å². The van der Waals surface area contributed by atoms with Crippen LogP contribution in [0.15, 0.2) is 69.9 Å². The lowest BCUT2D eigenvalue weighted by Gasteiger charge is -2.06. The minimum atomic E-state index is -0.265. The van der Waals surface area contributed by atoms with Gasteiger partial charge < -0.3 is 4.42 Å². The van der Waals surface area contributed by atoms with Crippen LogP contribution in [0.3, 0.4) is 0 Å².